The zero-order chi connectivity index (χ0) is 9.97. The van der Waals surface area contributed by atoms with Gasteiger partial charge in [0.2, 0.25) is 0 Å². The molecule has 2 heteroatoms. The third-order valence-corrected chi connectivity index (χ3v) is 3.32. The predicted molar refractivity (Wildman–Crippen MR) is 54.8 cm³/mol. The maximum Gasteiger partial charge on any atom is 0.140 e. The minimum Gasteiger partial charge on any atom is -0.501 e. The van der Waals surface area contributed by atoms with E-state index >= 15 is 0 Å². The zero-order valence-electron chi connectivity index (χ0n) is 8.79. The summed E-state index contributed by atoms with van der Waals surface area (Å²) in [6.45, 7) is 3.06. The lowest BCUT2D eigenvalue weighted by Crippen LogP contribution is -2.26. The minimum atomic E-state index is 0.180. The Bertz CT molecular complexity index is 255. The normalized spacial score (nSPS) is 33.5. The van der Waals surface area contributed by atoms with E-state index in [1.165, 1.54) is 5.57 Å². The number of allylic oxidation sites excluding steroid dienone is 1. The number of ketones is 1. The number of rotatable bonds is 1. The van der Waals surface area contributed by atoms with E-state index in [0.717, 1.165) is 38.7 Å². The van der Waals surface area contributed by atoms with E-state index in [1.807, 2.05) is 6.26 Å². The second-order valence-electron chi connectivity index (χ2n) is 4.57. The molecule has 1 fully saturated rings. The first-order valence-corrected chi connectivity index (χ1v) is 5.60. The highest BCUT2D eigenvalue weighted by Gasteiger charge is 2.29. The van der Waals surface area contributed by atoms with Crippen LogP contribution in [0.5, 0.6) is 0 Å². The molecule has 1 aliphatic carbocycles. The van der Waals surface area contributed by atoms with Gasteiger partial charge in [0.25, 0.3) is 0 Å². The first-order valence-electron chi connectivity index (χ1n) is 5.60. The average Bonchev–Trinajstić information content (AvgIpc) is 2.23. The van der Waals surface area contributed by atoms with Crippen molar-refractivity contribution in [2.24, 2.45) is 11.8 Å². The van der Waals surface area contributed by atoms with Gasteiger partial charge in [0.05, 0.1) is 12.9 Å². The second-order valence-corrected chi connectivity index (χ2v) is 4.57. The Labute approximate surface area is 85.3 Å². The van der Waals surface area contributed by atoms with Crippen molar-refractivity contribution in [3.63, 3.8) is 0 Å². The van der Waals surface area contributed by atoms with Crippen LogP contribution in [-0.2, 0) is 9.53 Å². The third-order valence-electron chi connectivity index (χ3n) is 3.32. The number of carbonyl (C=O) groups excluding carboxylic acids is 1. The van der Waals surface area contributed by atoms with Gasteiger partial charge in [-0.05, 0) is 37.2 Å². The molecule has 78 valence electrons. The molecule has 2 nitrogen and oxygen atoms in total. The van der Waals surface area contributed by atoms with E-state index in [0.29, 0.717) is 11.7 Å². The molecule has 0 aromatic carbocycles. The molecule has 0 aromatic rings. The Kier molecular flexibility index (Phi) is 2.90. The van der Waals surface area contributed by atoms with Gasteiger partial charge in [-0.1, -0.05) is 6.92 Å². The van der Waals surface area contributed by atoms with Crippen LogP contribution in [0.15, 0.2) is 11.8 Å². The highest BCUT2D eigenvalue weighted by Crippen LogP contribution is 2.33. The lowest BCUT2D eigenvalue weighted by molar-refractivity contribution is -0.124. The van der Waals surface area contributed by atoms with Crippen LogP contribution in [0.2, 0.25) is 0 Å². The molecular weight excluding hydrogens is 176 g/mol. The van der Waals surface area contributed by atoms with Crippen molar-refractivity contribution in [1.29, 1.82) is 0 Å². The number of Topliss-reactive ketones (excluding diaryl/α,β-unsaturated/α-hetero) is 1. The molecule has 2 rings (SSSR count). The Morgan fingerprint density at radius 3 is 3.00 bits per heavy atom. The van der Waals surface area contributed by atoms with Crippen molar-refractivity contribution < 1.29 is 9.53 Å². The van der Waals surface area contributed by atoms with E-state index in [4.69, 9.17) is 4.74 Å². The number of ether oxygens (including phenoxy) is 1. The summed E-state index contributed by atoms with van der Waals surface area (Å²) in [5.41, 5.74) is 1.24. The lowest BCUT2D eigenvalue weighted by Gasteiger charge is -2.28. The van der Waals surface area contributed by atoms with Crippen molar-refractivity contribution in [3.8, 4) is 0 Å². The van der Waals surface area contributed by atoms with Crippen molar-refractivity contribution in [2.45, 2.75) is 39.0 Å². The van der Waals surface area contributed by atoms with Gasteiger partial charge in [-0.2, -0.15) is 0 Å². The zero-order valence-corrected chi connectivity index (χ0v) is 8.79. The Hall–Kier alpha value is -0.790. The summed E-state index contributed by atoms with van der Waals surface area (Å²) in [6, 6.07) is 0. The minimum absolute atomic E-state index is 0.180. The van der Waals surface area contributed by atoms with Gasteiger partial charge < -0.3 is 4.74 Å². The number of hydrogen-bond acceptors (Lipinski definition) is 2. The van der Waals surface area contributed by atoms with E-state index in [9.17, 15) is 4.79 Å². The Morgan fingerprint density at radius 2 is 2.29 bits per heavy atom. The maximum absolute atomic E-state index is 11.7. The Morgan fingerprint density at radius 1 is 1.43 bits per heavy atom. The molecule has 0 aromatic heterocycles. The largest absolute Gasteiger partial charge is 0.501 e. The molecule has 0 N–H and O–H groups in total. The molecule has 0 bridgehead atoms. The summed E-state index contributed by atoms with van der Waals surface area (Å²) in [4.78, 5) is 11.7. The van der Waals surface area contributed by atoms with Gasteiger partial charge in [-0.3, -0.25) is 4.79 Å². The molecule has 14 heavy (non-hydrogen) atoms. The van der Waals surface area contributed by atoms with E-state index in [1.54, 1.807) is 0 Å². The lowest BCUT2D eigenvalue weighted by atomic mass is 9.76. The maximum atomic E-state index is 11.7. The van der Waals surface area contributed by atoms with Crippen LogP contribution in [-0.4, -0.2) is 12.4 Å². The molecular formula is C12H18O2. The second kappa shape index (κ2) is 4.16. The van der Waals surface area contributed by atoms with Crippen molar-refractivity contribution in [3.05, 3.63) is 11.8 Å². The van der Waals surface area contributed by atoms with Crippen LogP contribution >= 0.6 is 0 Å². The smallest absolute Gasteiger partial charge is 0.140 e. The van der Waals surface area contributed by atoms with E-state index in [-0.39, 0.29) is 5.92 Å². The van der Waals surface area contributed by atoms with Gasteiger partial charge >= 0.3 is 0 Å². The fourth-order valence-corrected chi connectivity index (χ4v) is 2.41. The van der Waals surface area contributed by atoms with Gasteiger partial charge in [0.1, 0.15) is 5.78 Å². The molecule has 2 unspecified atom stereocenters. The topological polar surface area (TPSA) is 26.3 Å². The third kappa shape index (κ3) is 1.99. The molecule has 2 aliphatic rings. The SMILES string of the molecule is CC1CCC(=O)C(C2=COCCC2)C1. The average molecular weight is 194 g/mol. The molecule has 0 amide bonds. The molecule has 1 saturated carbocycles. The number of carbonyl (C=O) groups is 1. The van der Waals surface area contributed by atoms with Crippen molar-refractivity contribution in [1.82, 2.24) is 0 Å². The van der Waals surface area contributed by atoms with Crippen molar-refractivity contribution in [2.75, 3.05) is 6.61 Å². The van der Waals surface area contributed by atoms with Crippen molar-refractivity contribution >= 4 is 5.78 Å². The molecule has 0 radical (unpaired) electrons. The summed E-state index contributed by atoms with van der Waals surface area (Å²) < 4.78 is 5.30. The van der Waals surface area contributed by atoms with Crippen LogP contribution < -0.4 is 0 Å². The van der Waals surface area contributed by atoms with Crippen LogP contribution in [0.4, 0.5) is 0 Å². The van der Waals surface area contributed by atoms with Crippen LogP contribution in [0, 0.1) is 11.8 Å². The van der Waals surface area contributed by atoms with Gasteiger partial charge in [0, 0.05) is 12.3 Å². The van der Waals surface area contributed by atoms with Gasteiger partial charge in [-0.15, -0.1) is 0 Å². The summed E-state index contributed by atoms with van der Waals surface area (Å²) in [7, 11) is 0. The quantitative estimate of drug-likeness (QED) is 0.641. The summed E-state index contributed by atoms with van der Waals surface area (Å²) >= 11 is 0. The van der Waals surface area contributed by atoms with Crippen LogP contribution in [0.3, 0.4) is 0 Å². The Balaban J connectivity index is 2.07. The monoisotopic (exact) mass is 194 g/mol. The first-order chi connectivity index (χ1) is 6.77. The fraction of sp³-hybridized carbons (Fsp3) is 0.750. The first kappa shape index (κ1) is 9.75. The summed E-state index contributed by atoms with van der Waals surface area (Å²) in [6.07, 6.45) is 6.85. The molecule has 2 atom stereocenters. The molecule has 0 spiro atoms. The van der Waals surface area contributed by atoms with Crippen LogP contribution in [0.1, 0.15) is 39.0 Å². The fourth-order valence-electron chi connectivity index (χ4n) is 2.41. The highest BCUT2D eigenvalue weighted by atomic mass is 16.5. The molecule has 1 aliphatic heterocycles. The summed E-state index contributed by atoms with van der Waals surface area (Å²) in [5, 5.41) is 0. The van der Waals surface area contributed by atoms with Crippen LogP contribution in [0.25, 0.3) is 0 Å². The standard InChI is InChI=1S/C12H18O2/c1-9-4-5-12(13)11(7-9)10-3-2-6-14-8-10/h8-9,11H,2-7H2,1H3. The summed E-state index contributed by atoms with van der Waals surface area (Å²) in [5.74, 6) is 1.31. The van der Waals surface area contributed by atoms with E-state index < -0.39 is 0 Å². The van der Waals surface area contributed by atoms with E-state index in [2.05, 4.69) is 6.92 Å². The van der Waals surface area contributed by atoms with Gasteiger partial charge in [0.15, 0.2) is 0 Å². The highest BCUT2D eigenvalue weighted by molar-refractivity contribution is 5.84. The predicted octanol–water partition coefficient (Wildman–Crippen LogP) is 2.69. The molecule has 0 saturated heterocycles. The molecule has 1 heterocycles. The number of hydrogen-bond donors (Lipinski definition) is 0. The van der Waals surface area contributed by atoms with Gasteiger partial charge in [-0.25, -0.2) is 0 Å².